The quantitative estimate of drug-likeness (QED) is 0.813. The highest BCUT2D eigenvalue weighted by Gasteiger charge is 2.24. The van der Waals surface area contributed by atoms with E-state index < -0.39 is 0 Å². The van der Waals surface area contributed by atoms with Crippen LogP contribution in [-0.2, 0) is 11.3 Å². The first-order valence-electron chi connectivity index (χ1n) is 6.04. The van der Waals surface area contributed by atoms with Crippen LogP contribution in [0.3, 0.4) is 0 Å². The summed E-state index contributed by atoms with van der Waals surface area (Å²) in [5.74, 6) is -0.346. The number of rotatable bonds is 1. The highest BCUT2D eigenvalue weighted by Crippen LogP contribution is 2.21. The zero-order valence-electron chi connectivity index (χ0n) is 10.2. The number of hydrogen-bond donors (Lipinski definition) is 2. The summed E-state index contributed by atoms with van der Waals surface area (Å²) in [7, 11) is 0. The number of carbonyl (C=O) groups excluding carboxylic acids is 2. The Balaban J connectivity index is 1.92. The Morgan fingerprint density at radius 3 is 2.74 bits per heavy atom. The summed E-state index contributed by atoms with van der Waals surface area (Å²) in [5.41, 5.74) is 2.20. The minimum Gasteiger partial charge on any atom is -0.357 e. The molecule has 2 N–H and O–H groups in total. The molecule has 5 nitrogen and oxygen atoms in total. The SMILES string of the molecule is O=C1CN(C(=O)c2ccc[nH]2)Cc2ccccc2N1. The van der Waals surface area contributed by atoms with E-state index in [1.165, 1.54) is 4.90 Å². The van der Waals surface area contributed by atoms with E-state index in [2.05, 4.69) is 10.3 Å². The van der Waals surface area contributed by atoms with Gasteiger partial charge in [-0.2, -0.15) is 0 Å². The molecule has 3 rings (SSSR count). The number of H-pyrrole nitrogens is 1. The molecule has 1 aromatic carbocycles. The summed E-state index contributed by atoms with van der Waals surface area (Å²) >= 11 is 0. The van der Waals surface area contributed by atoms with Crippen LogP contribution < -0.4 is 5.32 Å². The van der Waals surface area contributed by atoms with Crippen molar-refractivity contribution < 1.29 is 9.59 Å². The zero-order valence-corrected chi connectivity index (χ0v) is 10.2. The Labute approximate surface area is 110 Å². The number of hydrogen-bond acceptors (Lipinski definition) is 2. The molecule has 0 atom stereocenters. The van der Waals surface area contributed by atoms with Gasteiger partial charge in [-0.1, -0.05) is 18.2 Å². The maximum Gasteiger partial charge on any atom is 0.271 e. The predicted molar refractivity (Wildman–Crippen MR) is 70.6 cm³/mol. The second-order valence-electron chi connectivity index (χ2n) is 4.45. The van der Waals surface area contributed by atoms with E-state index in [0.717, 1.165) is 11.3 Å². The molecule has 0 unspecified atom stereocenters. The lowest BCUT2D eigenvalue weighted by Crippen LogP contribution is -2.35. The number of carbonyl (C=O) groups is 2. The van der Waals surface area contributed by atoms with Gasteiger partial charge < -0.3 is 15.2 Å². The number of aromatic amines is 1. The predicted octanol–water partition coefficient (Wildman–Crippen LogP) is 1.61. The third kappa shape index (κ3) is 2.22. The van der Waals surface area contributed by atoms with E-state index in [4.69, 9.17) is 0 Å². The first kappa shape index (κ1) is 11.5. The maximum absolute atomic E-state index is 12.3. The summed E-state index contributed by atoms with van der Waals surface area (Å²) in [6.45, 7) is 0.485. The number of fused-ring (bicyclic) bond motifs is 1. The molecule has 0 spiro atoms. The van der Waals surface area contributed by atoms with Gasteiger partial charge in [0, 0.05) is 18.4 Å². The van der Waals surface area contributed by atoms with Gasteiger partial charge in [-0.25, -0.2) is 0 Å². The van der Waals surface area contributed by atoms with Crippen molar-refractivity contribution in [1.29, 1.82) is 0 Å². The Hall–Kier alpha value is -2.56. The highest BCUT2D eigenvalue weighted by atomic mass is 16.2. The molecule has 0 aliphatic carbocycles. The Morgan fingerprint density at radius 1 is 1.11 bits per heavy atom. The summed E-state index contributed by atoms with van der Waals surface area (Å²) in [6, 6.07) is 11.0. The Morgan fingerprint density at radius 2 is 1.95 bits per heavy atom. The summed E-state index contributed by atoms with van der Waals surface area (Å²) in [5, 5.41) is 2.81. The number of anilines is 1. The van der Waals surface area contributed by atoms with Gasteiger partial charge in [-0.15, -0.1) is 0 Å². The van der Waals surface area contributed by atoms with Crippen LogP contribution in [0.2, 0.25) is 0 Å². The molecule has 1 aliphatic rings. The third-order valence-electron chi connectivity index (χ3n) is 3.10. The summed E-state index contributed by atoms with van der Waals surface area (Å²) < 4.78 is 0. The molecule has 0 saturated carbocycles. The molecule has 1 aliphatic heterocycles. The highest BCUT2D eigenvalue weighted by molar-refractivity contribution is 5.99. The van der Waals surface area contributed by atoms with Crippen LogP contribution in [0.5, 0.6) is 0 Å². The fourth-order valence-electron chi connectivity index (χ4n) is 2.18. The second-order valence-corrected chi connectivity index (χ2v) is 4.45. The molecule has 2 heterocycles. The van der Waals surface area contributed by atoms with Crippen LogP contribution in [0.25, 0.3) is 0 Å². The Bertz CT molecular complexity index is 619. The van der Waals surface area contributed by atoms with Crippen LogP contribution in [-0.4, -0.2) is 28.2 Å². The van der Waals surface area contributed by atoms with Crippen LogP contribution in [0.4, 0.5) is 5.69 Å². The average Bonchev–Trinajstić information content (AvgIpc) is 2.87. The van der Waals surface area contributed by atoms with Crippen molar-refractivity contribution in [1.82, 2.24) is 9.88 Å². The Kier molecular flexibility index (Phi) is 2.79. The molecule has 2 amide bonds. The van der Waals surface area contributed by atoms with E-state index >= 15 is 0 Å². The number of para-hydroxylation sites is 1. The molecule has 1 aromatic heterocycles. The lowest BCUT2D eigenvalue weighted by atomic mass is 10.1. The third-order valence-corrected chi connectivity index (χ3v) is 3.10. The molecular formula is C14H13N3O2. The molecule has 0 bridgehead atoms. The minimum absolute atomic E-state index is 0.0620. The zero-order chi connectivity index (χ0) is 13.2. The van der Waals surface area contributed by atoms with Gasteiger partial charge in [0.1, 0.15) is 12.2 Å². The molecule has 0 saturated heterocycles. The van der Waals surface area contributed by atoms with Crippen molar-refractivity contribution >= 4 is 17.5 Å². The van der Waals surface area contributed by atoms with Crippen molar-refractivity contribution in [3.63, 3.8) is 0 Å². The van der Waals surface area contributed by atoms with Gasteiger partial charge >= 0.3 is 0 Å². The number of amides is 2. The fourth-order valence-corrected chi connectivity index (χ4v) is 2.18. The second kappa shape index (κ2) is 4.61. The molecular weight excluding hydrogens is 242 g/mol. The van der Waals surface area contributed by atoms with Crippen molar-refractivity contribution in [3.8, 4) is 0 Å². The standard InChI is InChI=1S/C14H13N3O2/c18-13-9-17(14(19)12-6-3-7-15-12)8-10-4-1-2-5-11(10)16-13/h1-7,15H,8-9H2,(H,16,18). The first-order valence-corrected chi connectivity index (χ1v) is 6.04. The topological polar surface area (TPSA) is 65.2 Å². The summed E-state index contributed by atoms with van der Waals surface area (Å²) in [6.07, 6.45) is 1.69. The van der Waals surface area contributed by atoms with Crippen LogP contribution >= 0.6 is 0 Å². The van der Waals surface area contributed by atoms with Crippen molar-refractivity contribution in [2.75, 3.05) is 11.9 Å². The molecule has 96 valence electrons. The smallest absolute Gasteiger partial charge is 0.271 e. The monoisotopic (exact) mass is 255 g/mol. The number of benzene rings is 1. The molecule has 5 heteroatoms. The lowest BCUT2D eigenvalue weighted by Gasteiger charge is -2.18. The average molecular weight is 255 g/mol. The minimum atomic E-state index is -0.176. The number of nitrogens with one attached hydrogen (secondary N) is 2. The molecule has 19 heavy (non-hydrogen) atoms. The van der Waals surface area contributed by atoms with E-state index in [1.807, 2.05) is 24.3 Å². The molecule has 2 aromatic rings. The van der Waals surface area contributed by atoms with Gasteiger partial charge in [0.15, 0.2) is 0 Å². The lowest BCUT2D eigenvalue weighted by molar-refractivity contribution is -0.116. The van der Waals surface area contributed by atoms with Crippen LogP contribution in [0, 0.1) is 0 Å². The number of nitrogens with zero attached hydrogens (tertiary/aromatic N) is 1. The summed E-state index contributed by atoms with van der Waals surface area (Å²) in [4.78, 5) is 28.5. The van der Waals surface area contributed by atoms with Gasteiger partial charge in [0.2, 0.25) is 5.91 Å². The first-order chi connectivity index (χ1) is 9.24. The molecule has 0 radical (unpaired) electrons. The van der Waals surface area contributed by atoms with Crippen molar-refractivity contribution in [2.24, 2.45) is 0 Å². The van der Waals surface area contributed by atoms with E-state index in [1.54, 1.807) is 18.3 Å². The van der Waals surface area contributed by atoms with E-state index in [-0.39, 0.29) is 18.4 Å². The van der Waals surface area contributed by atoms with Crippen molar-refractivity contribution in [3.05, 3.63) is 53.9 Å². The van der Waals surface area contributed by atoms with Gasteiger partial charge in [0.25, 0.3) is 5.91 Å². The van der Waals surface area contributed by atoms with Crippen molar-refractivity contribution in [2.45, 2.75) is 6.54 Å². The molecule has 0 fully saturated rings. The van der Waals surface area contributed by atoms with Gasteiger partial charge in [0.05, 0.1) is 0 Å². The van der Waals surface area contributed by atoms with Crippen LogP contribution in [0.1, 0.15) is 16.1 Å². The van der Waals surface area contributed by atoms with Gasteiger partial charge in [-0.05, 0) is 23.8 Å². The largest absolute Gasteiger partial charge is 0.357 e. The van der Waals surface area contributed by atoms with E-state index in [9.17, 15) is 9.59 Å². The maximum atomic E-state index is 12.3. The van der Waals surface area contributed by atoms with Crippen LogP contribution in [0.15, 0.2) is 42.6 Å². The van der Waals surface area contributed by atoms with Gasteiger partial charge in [-0.3, -0.25) is 9.59 Å². The normalized spacial score (nSPS) is 14.5. The number of aromatic nitrogens is 1. The van der Waals surface area contributed by atoms with E-state index in [0.29, 0.717) is 12.2 Å². The fraction of sp³-hybridized carbons (Fsp3) is 0.143.